The molecule has 0 bridgehead atoms. The van der Waals surface area contributed by atoms with E-state index in [2.05, 4.69) is 10.3 Å². The van der Waals surface area contributed by atoms with Crippen LogP contribution in [0.2, 0.25) is 0 Å². The zero-order chi connectivity index (χ0) is 15.4. The third-order valence-electron chi connectivity index (χ3n) is 3.28. The van der Waals surface area contributed by atoms with Gasteiger partial charge in [0.15, 0.2) is 6.04 Å². The van der Waals surface area contributed by atoms with Gasteiger partial charge in [0.1, 0.15) is 0 Å². The molecule has 0 aliphatic carbocycles. The number of hydrogen-bond acceptors (Lipinski definition) is 4. The van der Waals surface area contributed by atoms with Gasteiger partial charge in [-0.2, -0.15) is 0 Å². The number of anilines is 1. The molecule has 0 radical (unpaired) electrons. The highest BCUT2D eigenvalue weighted by Crippen LogP contribution is 2.31. The van der Waals surface area contributed by atoms with Crippen LogP contribution in [-0.4, -0.2) is 4.92 Å². The van der Waals surface area contributed by atoms with Crippen molar-refractivity contribution in [1.29, 1.82) is 0 Å². The monoisotopic (exact) mass is 312 g/mol. The minimum atomic E-state index is -0.394. The molecule has 1 atom stereocenters. The molecule has 0 spiro atoms. The number of thiophene rings is 1. The topological polar surface area (TPSA) is 69.3 Å². The number of aromatic nitrogens is 1. The highest BCUT2D eigenvalue weighted by molar-refractivity contribution is 7.10. The van der Waals surface area contributed by atoms with Crippen molar-refractivity contribution in [1.82, 2.24) is 0 Å². The van der Waals surface area contributed by atoms with Crippen LogP contribution < -0.4 is 10.3 Å². The van der Waals surface area contributed by atoms with Gasteiger partial charge in [-0.05, 0) is 17.5 Å². The van der Waals surface area contributed by atoms with E-state index in [1.165, 1.54) is 6.07 Å². The summed E-state index contributed by atoms with van der Waals surface area (Å²) in [5, 5.41) is 16.4. The number of nitrogens with one attached hydrogen (secondary N) is 2. The Morgan fingerprint density at radius 3 is 2.59 bits per heavy atom. The van der Waals surface area contributed by atoms with Gasteiger partial charge in [-0.1, -0.05) is 36.4 Å². The second-order valence-corrected chi connectivity index (χ2v) is 5.67. The lowest BCUT2D eigenvalue weighted by Crippen LogP contribution is -2.19. The molecule has 2 N–H and O–H groups in total. The molecule has 0 saturated carbocycles. The van der Waals surface area contributed by atoms with Gasteiger partial charge in [0.25, 0.3) is 0 Å². The maximum Gasteiger partial charge on any atom is 0.357 e. The minimum Gasteiger partial charge on any atom is -0.258 e. The molecule has 0 unspecified atom stereocenters. The molecule has 6 heteroatoms. The second-order valence-electron chi connectivity index (χ2n) is 4.69. The summed E-state index contributed by atoms with van der Waals surface area (Å²) in [6.45, 7) is 0. The van der Waals surface area contributed by atoms with E-state index in [0.717, 1.165) is 10.4 Å². The number of nitrogens with zero attached hydrogens (tertiary/aromatic N) is 1. The van der Waals surface area contributed by atoms with Crippen LogP contribution in [0.4, 0.5) is 11.5 Å². The van der Waals surface area contributed by atoms with E-state index in [0.29, 0.717) is 5.82 Å². The minimum absolute atomic E-state index is 0.0278. The quantitative estimate of drug-likeness (QED) is 0.577. The SMILES string of the molecule is O=[N+]([O-])c1ccc[nH+]c1N[C@H](c1ccccc1)c1cccs1. The molecule has 0 amide bonds. The summed E-state index contributed by atoms with van der Waals surface area (Å²) in [6.07, 6.45) is 1.67. The maximum atomic E-state index is 11.2. The van der Waals surface area contributed by atoms with Crippen molar-refractivity contribution in [2.45, 2.75) is 6.04 Å². The van der Waals surface area contributed by atoms with E-state index in [-0.39, 0.29) is 11.7 Å². The van der Waals surface area contributed by atoms with E-state index in [1.54, 1.807) is 23.6 Å². The van der Waals surface area contributed by atoms with Crippen molar-refractivity contribution in [2.75, 3.05) is 5.32 Å². The first-order valence-electron chi connectivity index (χ1n) is 6.75. The van der Waals surface area contributed by atoms with Crippen LogP contribution >= 0.6 is 11.3 Å². The standard InChI is InChI=1S/C16H13N3O2S/c20-19(21)13-8-4-10-17-16(13)18-15(14-9-5-11-22-14)12-6-2-1-3-7-12/h1-11,15H,(H,17,18)/p+1/t15-/m1/s1. The molecule has 0 fully saturated rings. The van der Waals surface area contributed by atoms with Gasteiger partial charge >= 0.3 is 11.5 Å². The molecule has 1 aromatic carbocycles. The number of pyridine rings is 1. The summed E-state index contributed by atoms with van der Waals surface area (Å²) >= 11 is 1.61. The fourth-order valence-electron chi connectivity index (χ4n) is 2.26. The highest BCUT2D eigenvalue weighted by Gasteiger charge is 2.26. The van der Waals surface area contributed by atoms with E-state index < -0.39 is 4.92 Å². The first kappa shape index (κ1) is 14.2. The maximum absolute atomic E-state index is 11.2. The third kappa shape index (κ3) is 2.96. The number of hydrogen-bond donors (Lipinski definition) is 1. The smallest absolute Gasteiger partial charge is 0.258 e. The van der Waals surface area contributed by atoms with Gasteiger partial charge < -0.3 is 0 Å². The molecule has 110 valence electrons. The van der Waals surface area contributed by atoms with Crippen LogP contribution in [0.5, 0.6) is 0 Å². The Balaban J connectivity index is 2.00. The summed E-state index contributed by atoms with van der Waals surface area (Å²) in [7, 11) is 0. The van der Waals surface area contributed by atoms with Gasteiger partial charge in [0, 0.05) is 11.6 Å². The Hall–Kier alpha value is -2.73. The average Bonchev–Trinajstić information content (AvgIpc) is 3.08. The lowest BCUT2D eigenvalue weighted by molar-refractivity contribution is -0.409. The van der Waals surface area contributed by atoms with Gasteiger partial charge in [-0.3, -0.25) is 15.4 Å². The fourth-order valence-corrected chi connectivity index (χ4v) is 3.06. The zero-order valence-corrected chi connectivity index (χ0v) is 12.4. The molecule has 0 aliphatic heterocycles. The van der Waals surface area contributed by atoms with E-state index >= 15 is 0 Å². The Kier molecular flexibility index (Phi) is 4.11. The number of benzene rings is 1. The van der Waals surface area contributed by atoms with Crippen molar-refractivity contribution in [3.05, 3.63) is 86.7 Å². The number of aromatic amines is 1. The van der Waals surface area contributed by atoms with Gasteiger partial charge in [0.05, 0.1) is 16.0 Å². The zero-order valence-electron chi connectivity index (χ0n) is 11.6. The average molecular weight is 312 g/mol. The lowest BCUT2D eigenvalue weighted by atomic mass is 10.1. The molecule has 0 saturated heterocycles. The molecule has 3 rings (SSSR count). The fraction of sp³-hybridized carbons (Fsp3) is 0.0625. The summed E-state index contributed by atoms with van der Waals surface area (Å²) in [5.74, 6) is 0.398. The van der Waals surface area contributed by atoms with Crippen LogP contribution in [0.1, 0.15) is 16.5 Å². The second kappa shape index (κ2) is 6.36. The summed E-state index contributed by atoms with van der Waals surface area (Å²) in [5.41, 5.74) is 1.08. The number of H-pyrrole nitrogens is 1. The number of rotatable bonds is 5. The van der Waals surface area contributed by atoms with Crippen LogP contribution in [-0.2, 0) is 0 Å². The summed E-state index contributed by atoms with van der Waals surface area (Å²) in [6, 6.07) is 16.8. The number of nitro groups is 1. The predicted octanol–water partition coefficient (Wildman–Crippen LogP) is 3.67. The van der Waals surface area contributed by atoms with Crippen molar-refractivity contribution in [3.8, 4) is 0 Å². The lowest BCUT2D eigenvalue weighted by Gasteiger charge is -2.13. The van der Waals surface area contributed by atoms with E-state index in [9.17, 15) is 10.1 Å². The predicted molar refractivity (Wildman–Crippen MR) is 85.9 cm³/mol. The molecule has 22 heavy (non-hydrogen) atoms. The molecular weight excluding hydrogens is 298 g/mol. The Morgan fingerprint density at radius 2 is 1.91 bits per heavy atom. The van der Waals surface area contributed by atoms with Gasteiger partial charge in [-0.15, -0.1) is 11.3 Å². The van der Waals surface area contributed by atoms with Crippen molar-refractivity contribution in [2.24, 2.45) is 0 Å². The van der Waals surface area contributed by atoms with Crippen LogP contribution in [0.25, 0.3) is 0 Å². The van der Waals surface area contributed by atoms with E-state index in [4.69, 9.17) is 0 Å². The van der Waals surface area contributed by atoms with Crippen molar-refractivity contribution < 1.29 is 9.91 Å². The van der Waals surface area contributed by atoms with Crippen LogP contribution in [0, 0.1) is 10.1 Å². The Labute approximate surface area is 131 Å². The molecule has 0 aliphatic rings. The van der Waals surface area contributed by atoms with Crippen LogP contribution in [0.3, 0.4) is 0 Å². The van der Waals surface area contributed by atoms with Crippen molar-refractivity contribution in [3.63, 3.8) is 0 Å². The Morgan fingerprint density at radius 1 is 1.09 bits per heavy atom. The van der Waals surface area contributed by atoms with Crippen molar-refractivity contribution >= 4 is 22.8 Å². The molecule has 5 nitrogen and oxygen atoms in total. The summed E-state index contributed by atoms with van der Waals surface area (Å²) < 4.78 is 0. The normalized spacial score (nSPS) is 11.8. The van der Waals surface area contributed by atoms with Gasteiger partial charge in [0.2, 0.25) is 0 Å². The first-order valence-corrected chi connectivity index (χ1v) is 7.63. The molecular formula is C16H14N3O2S+. The molecule has 2 heterocycles. The van der Waals surface area contributed by atoms with Gasteiger partial charge in [-0.25, -0.2) is 4.98 Å². The Bertz CT molecular complexity index is 760. The van der Waals surface area contributed by atoms with E-state index in [1.807, 2.05) is 47.8 Å². The van der Waals surface area contributed by atoms with Crippen LogP contribution in [0.15, 0.2) is 66.2 Å². The first-order chi connectivity index (χ1) is 10.8. The summed E-state index contributed by atoms with van der Waals surface area (Å²) in [4.78, 5) is 14.8. The highest BCUT2D eigenvalue weighted by atomic mass is 32.1. The largest absolute Gasteiger partial charge is 0.357 e. The third-order valence-corrected chi connectivity index (χ3v) is 4.22. The molecule has 3 aromatic rings. The molecule has 2 aromatic heterocycles.